The summed E-state index contributed by atoms with van der Waals surface area (Å²) < 4.78 is 7.92. The highest BCUT2D eigenvalue weighted by Gasteiger charge is 2.13. The fraction of sp³-hybridized carbons (Fsp3) is 0.0800. The van der Waals surface area contributed by atoms with Gasteiger partial charge in [0.2, 0.25) is 4.80 Å². The number of fused-ring (bicyclic) bond motifs is 1. The number of nitrogens with zero attached hydrogens (tertiary/aromatic N) is 4. The highest BCUT2D eigenvalue weighted by molar-refractivity contribution is 7.07. The normalized spacial score (nSPS) is 12.2. The Bertz CT molecular complexity index is 1380. The van der Waals surface area contributed by atoms with Gasteiger partial charge in [-0.3, -0.25) is 4.98 Å². The van der Waals surface area contributed by atoms with Crippen molar-refractivity contribution in [1.29, 1.82) is 0 Å². The van der Waals surface area contributed by atoms with Crippen molar-refractivity contribution in [2.45, 2.75) is 13.3 Å². The molecular formula is C25H20N4OS. The number of hydrogen-bond acceptors (Lipinski definition) is 5. The monoisotopic (exact) mass is 424 g/mol. The molecule has 0 aliphatic heterocycles. The number of thiazole rings is 1. The Morgan fingerprint density at radius 3 is 2.71 bits per heavy atom. The fourth-order valence-electron chi connectivity index (χ4n) is 3.26. The van der Waals surface area contributed by atoms with Gasteiger partial charge in [0.05, 0.1) is 18.1 Å². The largest absolute Gasteiger partial charge is 0.454 e. The fourth-order valence-corrected chi connectivity index (χ4v) is 4.10. The lowest BCUT2D eigenvalue weighted by Crippen LogP contribution is -2.11. The minimum atomic E-state index is 0.741. The van der Waals surface area contributed by atoms with Crippen LogP contribution in [0.2, 0.25) is 0 Å². The van der Waals surface area contributed by atoms with Crippen molar-refractivity contribution in [2.75, 3.05) is 0 Å². The molecule has 0 spiro atoms. The van der Waals surface area contributed by atoms with Crippen LogP contribution in [0.1, 0.15) is 18.1 Å². The third-order valence-corrected chi connectivity index (χ3v) is 5.76. The quantitative estimate of drug-likeness (QED) is 0.323. The summed E-state index contributed by atoms with van der Waals surface area (Å²) in [5, 5.41) is 7.84. The maximum atomic E-state index is 6.10. The van der Waals surface area contributed by atoms with Gasteiger partial charge in [0.1, 0.15) is 11.3 Å². The van der Waals surface area contributed by atoms with Crippen LogP contribution in [0.4, 0.5) is 5.69 Å². The molecule has 2 aromatic carbocycles. The molecule has 0 fully saturated rings. The lowest BCUT2D eigenvalue weighted by molar-refractivity contribution is 0.622. The van der Waals surface area contributed by atoms with Gasteiger partial charge in [-0.2, -0.15) is 5.10 Å². The first-order valence-corrected chi connectivity index (χ1v) is 11.0. The molecule has 0 atom stereocenters. The first kappa shape index (κ1) is 19.2. The molecule has 5 rings (SSSR count). The van der Waals surface area contributed by atoms with Crippen molar-refractivity contribution >= 4 is 34.2 Å². The van der Waals surface area contributed by atoms with Gasteiger partial charge < -0.3 is 4.42 Å². The predicted octanol–water partition coefficient (Wildman–Crippen LogP) is 6.03. The lowest BCUT2D eigenvalue weighted by Gasteiger charge is -2.01. The maximum Gasteiger partial charge on any atom is 0.211 e. The topological polar surface area (TPSA) is 55.7 Å². The van der Waals surface area contributed by atoms with E-state index in [2.05, 4.69) is 36.2 Å². The van der Waals surface area contributed by atoms with E-state index in [-0.39, 0.29) is 0 Å². The molecule has 31 heavy (non-hydrogen) atoms. The first-order chi connectivity index (χ1) is 15.3. The Morgan fingerprint density at radius 2 is 1.94 bits per heavy atom. The van der Waals surface area contributed by atoms with Gasteiger partial charge in [0.25, 0.3) is 0 Å². The maximum absolute atomic E-state index is 6.10. The van der Waals surface area contributed by atoms with Gasteiger partial charge in [0, 0.05) is 17.0 Å². The second-order valence-corrected chi connectivity index (χ2v) is 7.86. The van der Waals surface area contributed by atoms with E-state index in [1.165, 1.54) is 16.9 Å². The van der Waals surface area contributed by atoms with E-state index in [9.17, 15) is 0 Å². The molecule has 6 heteroatoms. The Labute approximate surface area is 183 Å². The zero-order valence-electron chi connectivity index (χ0n) is 17.0. The lowest BCUT2D eigenvalue weighted by atomic mass is 10.1. The predicted molar refractivity (Wildman–Crippen MR) is 126 cm³/mol. The van der Waals surface area contributed by atoms with Crippen LogP contribution in [0.5, 0.6) is 0 Å². The molecular weight excluding hydrogens is 404 g/mol. The number of benzene rings is 2. The number of rotatable bonds is 5. The van der Waals surface area contributed by atoms with Gasteiger partial charge in [-0.1, -0.05) is 49.4 Å². The van der Waals surface area contributed by atoms with Crippen molar-refractivity contribution in [2.24, 2.45) is 10.1 Å². The SMILES string of the molecule is CCc1ccc(C=Nn2c(-c3cc4ccccc4o3)csc2=Nc2cccnc2)cc1. The van der Waals surface area contributed by atoms with Crippen LogP contribution in [0.3, 0.4) is 0 Å². The minimum absolute atomic E-state index is 0.741. The smallest absolute Gasteiger partial charge is 0.211 e. The van der Waals surface area contributed by atoms with Crippen LogP contribution in [0.15, 0.2) is 99.0 Å². The van der Waals surface area contributed by atoms with Crippen LogP contribution < -0.4 is 4.80 Å². The van der Waals surface area contributed by atoms with Crippen LogP contribution in [-0.2, 0) is 6.42 Å². The average Bonchev–Trinajstić information content (AvgIpc) is 3.42. The molecule has 3 aromatic heterocycles. The Kier molecular flexibility index (Phi) is 5.29. The molecule has 0 unspecified atom stereocenters. The number of pyridine rings is 1. The van der Waals surface area contributed by atoms with Crippen LogP contribution in [-0.4, -0.2) is 15.9 Å². The molecule has 0 aliphatic carbocycles. The Balaban J connectivity index is 1.62. The highest BCUT2D eigenvalue weighted by atomic mass is 32.1. The number of aromatic nitrogens is 2. The van der Waals surface area contributed by atoms with Crippen molar-refractivity contribution in [3.63, 3.8) is 0 Å². The van der Waals surface area contributed by atoms with Crippen LogP contribution in [0, 0.1) is 0 Å². The summed E-state index contributed by atoms with van der Waals surface area (Å²) >= 11 is 1.51. The third kappa shape index (κ3) is 4.11. The summed E-state index contributed by atoms with van der Waals surface area (Å²) in [7, 11) is 0. The molecule has 5 nitrogen and oxygen atoms in total. The van der Waals surface area contributed by atoms with E-state index < -0.39 is 0 Å². The Hall–Kier alpha value is -3.77. The van der Waals surface area contributed by atoms with Crippen LogP contribution >= 0.6 is 11.3 Å². The number of para-hydroxylation sites is 1. The molecule has 0 radical (unpaired) electrons. The summed E-state index contributed by atoms with van der Waals surface area (Å²) in [5.74, 6) is 0.753. The van der Waals surface area contributed by atoms with Gasteiger partial charge in [-0.25, -0.2) is 9.67 Å². The average molecular weight is 425 g/mol. The molecule has 0 saturated heterocycles. The third-order valence-electron chi connectivity index (χ3n) is 4.94. The molecule has 0 saturated carbocycles. The van der Waals surface area contributed by atoms with E-state index in [0.717, 1.165) is 44.9 Å². The van der Waals surface area contributed by atoms with Crippen molar-refractivity contribution in [3.05, 3.63) is 100 Å². The molecule has 3 heterocycles. The molecule has 0 amide bonds. The van der Waals surface area contributed by atoms with Crippen LogP contribution in [0.25, 0.3) is 22.4 Å². The molecule has 0 N–H and O–H groups in total. The van der Waals surface area contributed by atoms with Crippen molar-refractivity contribution in [3.8, 4) is 11.5 Å². The standard InChI is InChI=1S/C25H20N4OS/c1-2-18-9-11-19(12-10-18)15-27-29-22(24-14-20-6-3-4-8-23(20)30-24)17-31-25(29)28-21-7-5-13-26-16-21/h3-17H,2H2,1H3. The first-order valence-electron chi connectivity index (χ1n) is 10.1. The van der Waals surface area contributed by atoms with E-state index in [0.29, 0.717) is 0 Å². The Morgan fingerprint density at radius 1 is 1.06 bits per heavy atom. The summed E-state index contributed by atoms with van der Waals surface area (Å²) in [4.78, 5) is 9.64. The summed E-state index contributed by atoms with van der Waals surface area (Å²) in [5.41, 5.74) is 4.80. The van der Waals surface area contributed by atoms with Gasteiger partial charge in [-0.05, 0) is 41.8 Å². The van der Waals surface area contributed by atoms with Crippen molar-refractivity contribution < 1.29 is 4.42 Å². The second-order valence-electron chi connectivity index (χ2n) is 7.03. The summed E-state index contributed by atoms with van der Waals surface area (Å²) in [6.07, 6.45) is 6.33. The molecule has 152 valence electrons. The molecule has 0 bridgehead atoms. The van der Waals surface area contributed by atoms with E-state index in [4.69, 9.17) is 14.5 Å². The summed E-state index contributed by atoms with van der Waals surface area (Å²) in [6, 6.07) is 22.2. The van der Waals surface area contributed by atoms with Gasteiger partial charge in [-0.15, -0.1) is 11.3 Å². The number of aryl methyl sites for hydroxylation is 1. The van der Waals surface area contributed by atoms with E-state index >= 15 is 0 Å². The van der Waals surface area contributed by atoms with E-state index in [1.54, 1.807) is 12.4 Å². The van der Waals surface area contributed by atoms with Gasteiger partial charge in [0.15, 0.2) is 5.76 Å². The number of furan rings is 1. The van der Waals surface area contributed by atoms with E-state index in [1.807, 2.05) is 58.7 Å². The number of hydrogen-bond donors (Lipinski definition) is 0. The zero-order chi connectivity index (χ0) is 21.0. The minimum Gasteiger partial charge on any atom is -0.454 e. The molecule has 5 aromatic rings. The molecule has 0 aliphatic rings. The highest BCUT2D eigenvalue weighted by Crippen LogP contribution is 2.28. The zero-order valence-corrected chi connectivity index (χ0v) is 17.8. The van der Waals surface area contributed by atoms with Gasteiger partial charge >= 0.3 is 0 Å². The van der Waals surface area contributed by atoms with Crippen molar-refractivity contribution in [1.82, 2.24) is 9.66 Å². The summed E-state index contributed by atoms with van der Waals surface area (Å²) in [6.45, 7) is 2.15. The second kappa shape index (κ2) is 8.53.